The van der Waals surface area contributed by atoms with Crippen LogP contribution in [0, 0.1) is 0 Å². The van der Waals surface area contributed by atoms with Gasteiger partial charge in [0, 0.05) is 0 Å². The lowest BCUT2D eigenvalue weighted by molar-refractivity contribution is 0.926. The van der Waals surface area contributed by atoms with Gasteiger partial charge in [0.2, 0.25) is 0 Å². The average Bonchev–Trinajstić information content (AvgIpc) is 2.15. The highest BCUT2D eigenvalue weighted by molar-refractivity contribution is 8.44. The Morgan fingerprint density at radius 3 is 3.00 bits per heavy atom. The molecule has 0 nitrogen and oxygen atoms in total. The van der Waals surface area contributed by atoms with E-state index in [-0.39, 0.29) is 0 Å². The second-order valence-corrected chi connectivity index (χ2v) is 6.37. The summed E-state index contributed by atoms with van der Waals surface area (Å²) in [4.78, 5) is 0. The predicted octanol–water partition coefficient (Wildman–Crippen LogP) is 2.79. The summed E-state index contributed by atoms with van der Waals surface area (Å²) in [5, 5.41) is 0. The van der Waals surface area contributed by atoms with Gasteiger partial charge in [0.25, 0.3) is 0 Å². The Kier molecular flexibility index (Phi) is 3.76. The van der Waals surface area contributed by atoms with Gasteiger partial charge < -0.3 is 0 Å². The smallest absolute Gasteiger partial charge is 0.102 e. The van der Waals surface area contributed by atoms with Crippen molar-refractivity contribution in [3.05, 3.63) is 0 Å². The maximum absolute atomic E-state index is 4.85. The molecule has 0 aliphatic carbocycles. The molecule has 1 aliphatic rings. The summed E-state index contributed by atoms with van der Waals surface area (Å²) in [6.07, 6.45) is 2.65. The Balaban J connectivity index is 2.19. The van der Waals surface area contributed by atoms with E-state index in [2.05, 4.69) is 12.6 Å². The molecular weight excluding hydrogens is 188 g/mol. The van der Waals surface area contributed by atoms with E-state index in [1.165, 1.54) is 18.6 Å². The molecular formula is C5H8S4. The second kappa shape index (κ2) is 4.11. The molecule has 1 heterocycles. The predicted molar refractivity (Wildman–Crippen MR) is 54.7 cm³/mol. The largest absolute Gasteiger partial charge is 0.147 e. The maximum Gasteiger partial charge on any atom is 0.102 e. The van der Waals surface area contributed by atoms with Crippen LogP contribution in [0.4, 0.5) is 0 Å². The zero-order valence-electron chi connectivity index (χ0n) is 4.87. The van der Waals surface area contributed by atoms with Gasteiger partial charge in [-0.3, -0.25) is 0 Å². The first-order valence-electron chi connectivity index (χ1n) is 2.80. The lowest BCUT2D eigenvalue weighted by Gasteiger charge is -2.03. The molecule has 0 amide bonds. The fourth-order valence-electron chi connectivity index (χ4n) is 0.754. The van der Waals surface area contributed by atoms with Crippen LogP contribution >= 0.6 is 48.4 Å². The minimum absolute atomic E-state index is 0.704. The number of hydrogen-bond acceptors (Lipinski definition) is 3. The minimum Gasteiger partial charge on any atom is -0.147 e. The van der Waals surface area contributed by atoms with Crippen LogP contribution in [0.3, 0.4) is 0 Å². The summed E-state index contributed by atoms with van der Waals surface area (Å²) >= 11 is 12.6. The monoisotopic (exact) mass is 196 g/mol. The molecule has 52 valence electrons. The van der Waals surface area contributed by atoms with Gasteiger partial charge in [-0.25, -0.2) is 0 Å². The van der Waals surface area contributed by atoms with Crippen LogP contribution in [0.5, 0.6) is 0 Å². The maximum atomic E-state index is 4.85. The first-order chi connectivity index (χ1) is 4.29. The molecule has 0 aromatic carbocycles. The summed E-state index contributed by atoms with van der Waals surface area (Å²) in [5.41, 5.74) is 0. The second-order valence-electron chi connectivity index (χ2n) is 1.83. The van der Waals surface area contributed by atoms with Gasteiger partial charge in [-0.2, -0.15) is 0 Å². The quantitative estimate of drug-likeness (QED) is 0.506. The number of thioether (sulfide) groups is 2. The molecule has 1 saturated heterocycles. The Morgan fingerprint density at radius 1 is 1.78 bits per heavy atom. The Bertz CT molecular complexity index is 106. The Hall–Kier alpha value is 1.14. The highest BCUT2D eigenvalue weighted by atomic mass is 32.2. The summed E-state index contributed by atoms with van der Waals surface area (Å²) in [5.74, 6) is 1.30. The van der Waals surface area contributed by atoms with Crippen molar-refractivity contribution in [2.45, 2.75) is 17.4 Å². The van der Waals surface area contributed by atoms with Crippen LogP contribution in [0.2, 0.25) is 0 Å². The van der Waals surface area contributed by atoms with Crippen LogP contribution in [-0.2, 0) is 0 Å². The molecule has 0 spiro atoms. The van der Waals surface area contributed by atoms with Crippen LogP contribution in [0.1, 0.15) is 12.8 Å². The molecule has 9 heavy (non-hydrogen) atoms. The van der Waals surface area contributed by atoms with Crippen molar-refractivity contribution >= 4 is 51.9 Å². The van der Waals surface area contributed by atoms with E-state index < -0.39 is 0 Å². The summed E-state index contributed by atoms with van der Waals surface area (Å²) in [6, 6.07) is 0. The summed E-state index contributed by atoms with van der Waals surface area (Å²) < 4.78 is 1.49. The third-order valence-corrected chi connectivity index (χ3v) is 4.25. The SMILES string of the molecule is S=C(S)SC1CCCS1. The van der Waals surface area contributed by atoms with Gasteiger partial charge in [0.15, 0.2) is 0 Å². The summed E-state index contributed by atoms with van der Waals surface area (Å²) in [7, 11) is 0. The number of thiocarbonyl (C=S) groups is 1. The molecule has 1 atom stereocenters. The van der Waals surface area contributed by atoms with E-state index in [9.17, 15) is 0 Å². The Morgan fingerprint density at radius 2 is 2.56 bits per heavy atom. The topological polar surface area (TPSA) is 0 Å². The molecule has 0 N–H and O–H groups in total. The van der Waals surface area contributed by atoms with Gasteiger partial charge in [-0.15, -0.1) is 24.4 Å². The third kappa shape index (κ3) is 3.16. The highest BCUT2D eigenvalue weighted by Gasteiger charge is 2.16. The molecule has 1 fully saturated rings. The van der Waals surface area contributed by atoms with Crippen molar-refractivity contribution in [2.24, 2.45) is 0 Å². The van der Waals surface area contributed by atoms with E-state index in [1.807, 2.05) is 11.8 Å². The summed E-state index contributed by atoms with van der Waals surface area (Å²) in [6.45, 7) is 0. The molecule has 0 saturated carbocycles. The third-order valence-electron chi connectivity index (χ3n) is 1.12. The standard InChI is InChI=1S/C5H8S4/c6-5(7)9-4-2-1-3-8-4/h4H,1-3H2,(H,6,7). The molecule has 1 rings (SSSR count). The molecule has 0 aromatic heterocycles. The molecule has 0 radical (unpaired) electrons. The van der Waals surface area contributed by atoms with Gasteiger partial charge in [0.1, 0.15) is 3.53 Å². The fraction of sp³-hybridized carbons (Fsp3) is 0.800. The van der Waals surface area contributed by atoms with Crippen molar-refractivity contribution in [1.82, 2.24) is 0 Å². The van der Waals surface area contributed by atoms with Crippen molar-refractivity contribution in [3.63, 3.8) is 0 Å². The van der Waals surface area contributed by atoms with E-state index >= 15 is 0 Å². The molecule has 4 heteroatoms. The first kappa shape index (κ1) is 8.24. The number of thiol groups is 1. The first-order valence-corrected chi connectivity index (χ1v) is 5.58. The fourth-order valence-corrected chi connectivity index (χ4v) is 4.17. The highest BCUT2D eigenvalue weighted by Crippen LogP contribution is 2.36. The van der Waals surface area contributed by atoms with E-state index in [1.54, 1.807) is 11.8 Å². The Labute approximate surface area is 75.0 Å². The van der Waals surface area contributed by atoms with Crippen LogP contribution < -0.4 is 0 Å². The zero-order valence-corrected chi connectivity index (χ0v) is 8.21. The lowest BCUT2D eigenvalue weighted by atomic mass is 10.4. The normalized spacial score (nSPS) is 26.6. The molecule has 1 unspecified atom stereocenters. The molecule has 0 bridgehead atoms. The lowest BCUT2D eigenvalue weighted by Crippen LogP contribution is -1.89. The molecule has 0 aromatic rings. The zero-order chi connectivity index (χ0) is 6.69. The van der Waals surface area contributed by atoms with Gasteiger partial charge >= 0.3 is 0 Å². The van der Waals surface area contributed by atoms with Gasteiger partial charge in [0.05, 0.1) is 4.58 Å². The van der Waals surface area contributed by atoms with Crippen molar-refractivity contribution < 1.29 is 0 Å². The van der Waals surface area contributed by atoms with E-state index in [0.717, 1.165) is 3.53 Å². The van der Waals surface area contributed by atoms with E-state index in [0.29, 0.717) is 4.58 Å². The number of rotatable bonds is 1. The van der Waals surface area contributed by atoms with Crippen molar-refractivity contribution in [3.8, 4) is 0 Å². The van der Waals surface area contributed by atoms with Crippen LogP contribution in [0.15, 0.2) is 0 Å². The van der Waals surface area contributed by atoms with Crippen LogP contribution in [-0.4, -0.2) is 13.9 Å². The number of hydrogen-bond donors (Lipinski definition) is 1. The van der Waals surface area contributed by atoms with E-state index in [4.69, 9.17) is 12.2 Å². The minimum atomic E-state index is 0.704. The molecule has 1 aliphatic heterocycles. The van der Waals surface area contributed by atoms with Crippen molar-refractivity contribution in [1.29, 1.82) is 0 Å². The average molecular weight is 196 g/mol. The van der Waals surface area contributed by atoms with Gasteiger partial charge in [-0.05, 0) is 18.6 Å². The van der Waals surface area contributed by atoms with Crippen LogP contribution in [0.25, 0.3) is 0 Å². The van der Waals surface area contributed by atoms with Crippen molar-refractivity contribution in [2.75, 3.05) is 5.75 Å². The van der Waals surface area contributed by atoms with Gasteiger partial charge in [-0.1, -0.05) is 24.0 Å².